The van der Waals surface area contributed by atoms with Gasteiger partial charge in [-0.1, -0.05) is 72.8 Å². The zero-order chi connectivity index (χ0) is 15.8. The number of likely N-dealkylation sites (N-methyl/N-ethyl adjacent to an activating group) is 1. The third-order valence-corrected chi connectivity index (χ3v) is 4.94. The molecule has 1 unspecified atom stereocenters. The lowest BCUT2D eigenvalue weighted by Crippen LogP contribution is -2.27. The molecule has 1 aliphatic rings. The standard InChI is InChI=1S/C21H21NO/c1-15-20(17-10-4-3-5-11-17)23-21(22(15)2)19-14-8-12-16-9-6-7-13-18(16)19/h3-15,20-21H,1-2H3/t15-,20-,21?/m0/s1. The van der Waals surface area contributed by atoms with Crippen LogP contribution in [0.15, 0.2) is 72.8 Å². The molecule has 3 atom stereocenters. The monoisotopic (exact) mass is 303 g/mol. The predicted octanol–water partition coefficient (Wildman–Crippen LogP) is 4.93. The molecule has 0 aromatic heterocycles. The van der Waals surface area contributed by atoms with E-state index in [0.717, 1.165) is 0 Å². The first-order valence-electron chi connectivity index (χ1n) is 8.16. The highest BCUT2D eigenvalue weighted by molar-refractivity contribution is 5.86. The molecule has 0 bridgehead atoms. The fourth-order valence-corrected chi connectivity index (χ4v) is 3.53. The van der Waals surface area contributed by atoms with E-state index in [1.165, 1.54) is 21.9 Å². The van der Waals surface area contributed by atoms with Crippen molar-refractivity contribution in [2.45, 2.75) is 25.3 Å². The van der Waals surface area contributed by atoms with Gasteiger partial charge < -0.3 is 4.74 Å². The zero-order valence-electron chi connectivity index (χ0n) is 13.5. The van der Waals surface area contributed by atoms with Crippen molar-refractivity contribution in [2.24, 2.45) is 0 Å². The average molecular weight is 303 g/mol. The molecule has 3 aromatic rings. The highest BCUT2D eigenvalue weighted by Crippen LogP contribution is 2.42. The summed E-state index contributed by atoms with van der Waals surface area (Å²) in [5, 5.41) is 2.53. The van der Waals surface area contributed by atoms with Crippen molar-refractivity contribution in [1.29, 1.82) is 0 Å². The van der Waals surface area contributed by atoms with Crippen LogP contribution in [0.4, 0.5) is 0 Å². The van der Waals surface area contributed by atoms with Crippen LogP contribution in [0.1, 0.15) is 30.4 Å². The van der Waals surface area contributed by atoms with Gasteiger partial charge in [-0.05, 0) is 30.3 Å². The quantitative estimate of drug-likeness (QED) is 0.665. The summed E-state index contributed by atoms with van der Waals surface area (Å²) in [5.74, 6) is 0. The summed E-state index contributed by atoms with van der Waals surface area (Å²) < 4.78 is 6.49. The van der Waals surface area contributed by atoms with E-state index in [1.807, 2.05) is 0 Å². The molecule has 0 saturated carbocycles. The van der Waals surface area contributed by atoms with E-state index in [2.05, 4.69) is 91.7 Å². The average Bonchev–Trinajstić information content (AvgIpc) is 2.91. The molecule has 0 N–H and O–H groups in total. The van der Waals surface area contributed by atoms with Crippen molar-refractivity contribution >= 4 is 10.8 Å². The Labute approximate surface area is 137 Å². The fourth-order valence-electron chi connectivity index (χ4n) is 3.53. The molecule has 1 saturated heterocycles. The van der Waals surface area contributed by atoms with E-state index in [4.69, 9.17) is 4.74 Å². The molecular weight excluding hydrogens is 282 g/mol. The van der Waals surface area contributed by atoms with Gasteiger partial charge in [-0.25, -0.2) is 0 Å². The van der Waals surface area contributed by atoms with Gasteiger partial charge in [-0.15, -0.1) is 0 Å². The molecule has 4 rings (SSSR count). The minimum absolute atomic E-state index is 0.0127. The molecular formula is C21H21NO. The summed E-state index contributed by atoms with van der Waals surface area (Å²) in [6.07, 6.45) is 0.0893. The van der Waals surface area contributed by atoms with E-state index in [0.29, 0.717) is 6.04 Å². The van der Waals surface area contributed by atoms with Gasteiger partial charge >= 0.3 is 0 Å². The molecule has 2 nitrogen and oxygen atoms in total. The fraction of sp³-hybridized carbons (Fsp3) is 0.238. The summed E-state index contributed by atoms with van der Waals surface area (Å²) in [6.45, 7) is 2.24. The smallest absolute Gasteiger partial charge is 0.138 e. The van der Waals surface area contributed by atoms with Crippen LogP contribution < -0.4 is 0 Å². The third kappa shape index (κ3) is 2.44. The minimum Gasteiger partial charge on any atom is -0.349 e. The SMILES string of the molecule is C[C@H]1[C@@H](c2ccccc2)OC(c2cccc3ccccc23)N1C. The number of rotatable bonds is 2. The van der Waals surface area contributed by atoms with Crippen LogP contribution in [0, 0.1) is 0 Å². The maximum absolute atomic E-state index is 6.49. The summed E-state index contributed by atoms with van der Waals surface area (Å²) in [5.41, 5.74) is 2.49. The summed E-state index contributed by atoms with van der Waals surface area (Å²) in [7, 11) is 2.15. The van der Waals surface area contributed by atoms with Gasteiger partial charge in [0.1, 0.15) is 12.3 Å². The molecule has 1 aliphatic heterocycles. The Kier molecular flexibility index (Phi) is 3.64. The van der Waals surface area contributed by atoms with Crippen molar-refractivity contribution in [1.82, 2.24) is 4.90 Å². The van der Waals surface area contributed by atoms with E-state index < -0.39 is 0 Å². The predicted molar refractivity (Wildman–Crippen MR) is 94.2 cm³/mol. The van der Waals surface area contributed by atoms with Gasteiger partial charge in [-0.2, -0.15) is 0 Å². The summed E-state index contributed by atoms with van der Waals surface area (Å²) in [4.78, 5) is 2.33. The Balaban J connectivity index is 1.75. The maximum atomic E-state index is 6.49. The second-order valence-electron chi connectivity index (χ2n) is 6.29. The number of nitrogens with zero attached hydrogens (tertiary/aromatic N) is 1. The van der Waals surface area contributed by atoms with Crippen LogP contribution in [0.25, 0.3) is 10.8 Å². The number of benzene rings is 3. The van der Waals surface area contributed by atoms with E-state index in [1.54, 1.807) is 0 Å². The molecule has 3 aromatic carbocycles. The van der Waals surface area contributed by atoms with Crippen molar-refractivity contribution in [3.63, 3.8) is 0 Å². The lowest BCUT2D eigenvalue weighted by atomic mass is 10.0. The molecule has 1 fully saturated rings. The Morgan fingerprint density at radius 1 is 0.826 bits per heavy atom. The molecule has 0 radical (unpaired) electrons. The lowest BCUT2D eigenvalue weighted by molar-refractivity contribution is 0.00660. The molecule has 23 heavy (non-hydrogen) atoms. The maximum Gasteiger partial charge on any atom is 0.138 e. The summed E-state index contributed by atoms with van der Waals surface area (Å²) >= 11 is 0. The third-order valence-electron chi connectivity index (χ3n) is 4.94. The number of fused-ring (bicyclic) bond motifs is 1. The second-order valence-corrected chi connectivity index (χ2v) is 6.29. The van der Waals surface area contributed by atoms with Crippen molar-refractivity contribution in [3.05, 3.63) is 83.9 Å². The number of hydrogen-bond donors (Lipinski definition) is 0. The largest absolute Gasteiger partial charge is 0.349 e. The second kappa shape index (κ2) is 5.80. The first kappa shape index (κ1) is 14.4. The van der Waals surface area contributed by atoms with Gasteiger partial charge in [0.15, 0.2) is 0 Å². The van der Waals surface area contributed by atoms with Gasteiger partial charge in [-0.3, -0.25) is 4.90 Å². The van der Waals surface area contributed by atoms with E-state index in [-0.39, 0.29) is 12.3 Å². The van der Waals surface area contributed by atoms with Crippen molar-refractivity contribution < 1.29 is 4.74 Å². The topological polar surface area (TPSA) is 12.5 Å². The zero-order valence-corrected chi connectivity index (χ0v) is 13.5. The molecule has 2 heteroatoms. The highest BCUT2D eigenvalue weighted by atomic mass is 16.5. The molecule has 0 amide bonds. The highest BCUT2D eigenvalue weighted by Gasteiger charge is 2.39. The summed E-state index contributed by atoms with van der Waals surface area (Å²) in [6, 6.07) is 25.8. The van der Waals surface area contributed by atoms with E-state index in [9.17, 15) is 0 Å². The molecule has 116 valence electrons. The van der Waals surface area contributed by atoms with Crippen molar-refractivity contribution in [3.8, 4) is 0 Å². The molecule has 1 heterocycles. The number of ether oxygens (including phenoxy) is 1. The van der Waals surface area contributed by atoms with Gasteiger partial charge in [0, 0.05) is 11.6 Å². The Bertz CT molecular complexity index is 809. The first-order chi connectivity index (χ1) is 11.3. The Hall–Kier alpha value is -2.16. The van der Waals surface area contributed by atoms with E-state index >= 15 is 0 Å². The van der Waals surface area contributed by atoms with Gasteiger partial charge in [0.25, 0.3) is 0 Å². The minimum atomic E-state index is -0.0127. The molecule has 0 aliphatic carbocycles. The molecule has 0 spiro atoms. The number of hydrogen-bond acceptors (Lipinski definition) is 2. The van der Waals surface area contributed by atoms with Crippen LogP contribution in [-0.2, 0) is 4.74 Å². The van der Waals surface area contributed by atoms with Gasteiger partial charge in [0.05, 0.1) is 0 Å². The van der Waals surface area contributed by atoms with Gasteiger partial charge in [0.2, 0.25) is 0 Å². The Morgan fingerprint density at radius 3 is 2.35 bits per heavy atom. The lowest BCUT2D eigenvalue weighted by Gasteiger charge is -2.22. The van der Waals surface area contributed by atoms with Crippen LogP contribution >= 0.6 is 0 Å². The van der Waals surface area contributed by atoms with Crippen LogP contribution in [0.2, 0.25) is 0 Å². The van der Waals surface area contributed by atoms with Crippen molar-refractivity contribution in [2.75, 3.05) is 7.05 Å². The van der Waals surface area contributed by atoms with Crippen LogP contribution in [0.5, 0.6) is 0 Å². The van der Waals surface area contributed by atoms with Crippen LogP contribution in [0.3, 0.4) is 0 Å². The van der Waals surface area contributed by atoms with Crippen LogP contribution in [-0.4, -0.2) is 18.0 Å². The first-order valence-corrected chi connectivity index (χ1v) is 8.16. The normalized spacial score (nSPS) is 25.0. The Morgan fingerprint density at radius 2 is 1.52 bits per heavy atom.